The minimum absolute atomic E-state index is 0.177. The van der Waals surface area contributed by atoms with E-state index >= 15 is 0 Å². The number of nitrogens with zero attached hydrogens (tertiary/aromatic N) is 2. The van der Waals surface area contributed by atoms with Crippen LogP contribution in [0, 0.1) is 25.2 Å². The third kappa shape index (κ3) is 3.78. The summed E-state index contributed by atoms with van der Waals surface area (Å²) in [6, 6.07) is 9.26. The molecule has 0 radical (unpaired) electrons. The van der Waals surface area contributed by atoms with Crippen molar-refractivity contribution < 1.29 is 4.79 Å². The van der Waals surface area contributed by atoms with Gasteiger partial charge in [-0.3, -0.25) is 4.79 Å². The number of hydrogen-bond donors (Lipinski definition) is 3. The fourth-order valence-corrected chi connectivity index (χ4v) is 3.16. The molecule has 0 fully saturated rings. The smallest absolute Gasteiger partial charge is 0.237 e. The van der Waals surface area contributed by atoms with Crippen LogP contribution in [0.3, 0.4) is 0 Å². The Balaban J connectivity index is 2.20. The maximum Gasteiger partial charge on any atom is 0.237 e. The van der Waals surface area contributed by atoms with Crippen molar-refractivity contribution in [1.82, 2.24) is 4.98 Å². The summed E-state index contributed by atoms with van der Waals surface area (Å²) in [5.74, 6) is 0.0421. The van der Waals surface area contributed by atoms with E-state index in [1.54, 1.807) is 6.92 Å². The highest BCUT2D eigenvalue weighted by molar-refractivity contribution is 8.00. The molecule has 1 heterocycles. The lowest BCUT2D eigenvalue weighted by Gasteiger charge is -2.16. The Bertz CT molecular complexity index is 808. The molecule has 1 amide bonds. The first-order valence-electron chi connectivity index (χ1n) is 7.33. The molecule has 1 aromatic carbocycles. The van der Waals surface area contributed by atoms with E-state index in [0.717, 1.165) is 28.6 Å². The summed E-state index contributed by atoms with van der Waals surface area (Å²) in [6.45, 7) is 5.62. The van der Waals surface area contributed by atoms with E-state index in [0.29, 0.717) is 5.03 Å². The zero-order chi connectivity index (χ0) is 17.9. The minimum Gasteiger partial charge on any atom is -0.397 e. The molecule has 2 aromatic rings. The van der Waals surface area contributed by atoms with Crippen molar-refractivity contribution in [2.75, 3.05) is 16.8 Å². The topological polar surface area (TPSA) is 118 Å². The number of nitrogens with one attached hydrogen (secondary N) is 1. The van der Waals surface area contributed by atoms with Crippen LogP contribution in [0.2, 0.25) is 0 Å². The molecule has 0 aliphatic carbocycles. The van der Waals surface area contributed by atoms with Gasteiger partial charge in [-0.1, -0.05) is 30.0 Å². The van der Waals surface area contributed by atoms with Crippen molar-refractivity contribution in [3.8, 4) is 6.07 Å². The molecule has 7 heteroatoms. The Morgan fingerprint density at radius 1 is 1.33 bits per heavy atom. The summed E-state index contributed by atoms with van der Waals surface area (Å²) >= 11 is 1.16. The van der Waals surface area contributed by atoms with Crippen LogP contribution < -0.4 is 16.8 Å². The first-order chi connectivity index (χ1) is 11.3. The van der Waals surface area contributed by atoms with E-state index in [-0.39, 0.29) is 23.0 Å². The predicted molar refractivity (Wildman–Crippen MR) is 97.6 cm³/mol. The zero-order valence-corrected chi connectivity index (χ0v) is 14.6. The summed E-state index contributed by atoms with van der Waals surface area (Å²) in [6.07, 6.45) is 0. The number of carbonyl (C=O) groups is 1. The number of amides is 1. The van der Waals surface area contributed by atoms with E-state index < -0.39 is 5.25 Å². The van der Waals surface area contributed by atoms with Gasteiger partial charge in [0.15, 0.2) is 0 Å². The molecule has 1 unspecified atom stereocenters. The number of nitrogens with two attached hydrogens (primary N) is 2. The Kier molecular flexibility index (Phi) is 5.31. The van der Waals surface area contributed by atoms with E-state index in [1.165, 1.54) is 6.07 Å². The molecule has 0 aliphatic heterocycles. The highest BCUT2D eigenvalue weighted by Gasteiger charge is 2.20. The van der Waals surface area contributed by atoms with Crippen LogP contribution in [0.5, 0.6) is 0 Å². The maximum atomic E-state index is 12.5. The van der Waals surface area contributed by atoms with Crippen LogP contribution in [0.1, 0.15) is 23.6 Å². The Hall–Kier alpha value is -2.72. The third-order valence-corrected chi connectivity index (χ3v) is 4.62. The normalized spacial score (nSPS) is 11.6. The summed E-state index contributed by atoms with van der Waals surface area (Å²) in [5, 5.41) is 12.0. The molecule has 0 spiro atoms. The largest absolute Gasteiger partial charge is 0.397 e. The number of rotatable bonds is 4. The molecule has 1 atom stereocenters. The molecule has 5 N–H and O–H groups in total. The lowest BCUT2D eigenvalue weighted by Crippen LogP contribution is -2.23. The van der Waals surface area contributed by atoms with Crippen LogP contribution in [-0.4, -0.2) is 16.1 Å². The molecule has 1 aromatic heterocycles. The monoisotopic (exact) mass is 341 g/mol. The van der Waals surface area contributed by atoms with Crippen LogP contribution in [0.25, 0.3) is 0 Å². The number of anilines is 3. The van der Waals surface area contributed by atoms with Gasteiger partial charge in [-0.05, 0) is 31.9 Å². The van der Waals surface area contributed by atoms with Crippen molar-refractivity contribution >= 4 is 34.9 Å². The van der Waals surface area contributed by atoms with Gasteiger partial charge in [0.2, 0.25) is 5.91 Å². The van der Waals surface area contributed by atoms with E-state index in [4.69, 9.17) is 11.5 Å². The Morgan fingerprint density at radius 2 is 1.96 bits per heavy atom. The molecular weight excluding hydrogens is 322 g/mol. The van der Waals surface area contributed by atoms with Gasteiger partial charge in [-0.2, -0.15) is 5.26 Å². The summed E-state index contributed by atoms with van der Waals surface area (Å²) in [4.78, 5) is 16.6. The number of pyridine rings is 1. The highest BCUT2D eigenvalue weighted by atomic mass is 32.2. The molecular formula is C17H19N5OS. The second kappa shape index (κ2) is 7.23. The molecule has 6 nitrogen and oxygen atoms in total. The number of carbonyl (C=O) groups excluding carboxylic acids is 1. The number of nitrogen functional groups attached to an aromatic ring is 2. The second-order valence-electron chi connectivity index (χ2n) is 5.44. The van der Waals surface area contributed by atoms with Gasteiger partial charge < -0.3 is 16.8 Å². The van der Waals surface area contributed by atoms with Gasteiger partial charge in [-0.15, -0.1) is 0 Å². The van der Waals surface area contributed by atoms with E-state index in [2.05, 4.69) is 10.3 Å². The molecule has 24 heavy (non-hydrogen) atoms. The lowest BCUT2D eigenvalue weighted by atomic mass is 10.1. The first-order valence-corrected chi connectivity index (χ1v) is 8.21. The van der Waals surface area contributed by atoms with Crippen LogP contribution >= 0.6 is 11.8 Å². The number of aromatic nitrogens is 1. The van der Waals surface area contributed by atoms with Crippen molar-refractivity contribution in [2.24, 2.45) is 0 Å². The van der Waals surface area contributed by atoms with Crippen LogP contribution in [0.4, 0.5) is 17.2 Å². The summed E-state index contributed by atoms with van der Waals surface area (Å²) in [5.41, 5.74) is 14.8. The Labute approximate surface area is 145 Å². The van der Waals surface area contributed by atoms with Gasteiger partial charge >= 0.3 is 0 Å². The summed E-state index contributed by atoms with van der Waals surface area (Å²) < 4.78 is 0. The van der Waals surface area contributed by atoms with E-state index in [9.17, 15) is 10.1 Å². The molecule has 0 saturated heterocycles. The molecule has 0 aliphatic rings. The van der Waals surface area contributed by atoms with Gasteiger partial charge in [0.25, 0.3) is 0 Å². The van der Waals surface area contributed by atoms with Crippen LogP contribution in [0.15, 0.2) is 29.3 Å². The summed E-state index contributed by atoms with van der Waals surface area (Å²) in [7, 11) is 0. The fourth-order valence-electron chi connectivity index (χ4n) is 2.22. The maximum absolute atomic E-state index is 12.5. The van der Waals surface area contributed by atoms with Gasteiger partial charge in [0, 0.05) is 11.8 Å². The molecule has 2 rings (SSSR count). The first kappa shape index (κ1) is 17.6. The number of thioether (sulfide) groups is 1. The van der Waals surface area contributed by atoms with Crippen LogP contribution in [-0.2, 0) is 4.79 Å². The zero-order valence-electron chi connectivity index (χ0n) is 13.8. The number of aryl methyl sites for hydroxylation is 2. The highest BCUT2D eigenvalue weighted by Crippen LogP contribution is 2.30. The van der Waals surface area contributed by atoms with Gasteiger partial charge in [0.05, 0.1) is 10.9 Å². The van der Waals surface area contributed by atoms with Crippen molar-refractivity contribution in [2.45, 2.75) is 31.0 Å². The minimum atomic E-state index is -0.468. The van der Waals surface area contributed by atoms with Gasteiger partial charge in [-0.25, -0.2) is 4.98 Å². The molecule has 0 bridgehead atoms. The number of para-hydroxylation sites is 1. The number of hydrogen-bond acceptors (Lipinski definition) is 6. The van der Waals surface area contributed by atoms with Crippen molar-refractivity contribution in [1.29, 1.82) is 5.26 Å². The number of nitriles is 1. The number of benzene rings is 1. The molecule has 124 valence electrons. The van der Waals surface area contributed by atoms with Crippen molar-refractivity contribution in [3.63, 3.8) is 0 Å². The van der Waals surface area contributed by atoms with Gasteiger partial charge in [0.1, 0.15) is 22.5 Å². The predicted octanol–water partition coefficient (Wildman–Crippen LogP) is 2.85. The van der Waals surface area contributed by atoms with Crippen molar-refractivity contribution in [3.05, 3.63) is 41.0 Å². The average Bonchev–Trinajstić information content (AvgIpc) is 2.50. The fraction of sp³-hybridized carbons (Fsp3) is 0.235. The average molecular weight is 341 g/mol. The Morgan fingerprint density at radius 3 is 2.54 bits per heavy atom. The SMILES string of the molecule is Cc1cccc(C)c1NC(=O)C(C)Sc1nc(N)cc(N)c1C#N. The quantitative estimate of drug-likeness (QED) is 0.736. The van der Waals surface area contributed by atoms with E-state index in [1.807, 2.05) is 38.1 Å². The standard InChI is InChI=1S/C17H19N5OS/c1-9-5-4-6-10(2)15(9)22-16(23)11(3)24-17-12(8-18)13(19)7-14(20)21-17/h4-7,11H,1-3H3,(H,22,23)(H4,19,20,21). The lowest BCUT2D eigenvalue weighted by molar-refractivity contribution is -0.115. The molecule has 0 saturated carbocycles. The third-order valence-electron chi connectivity index (χ3n) is 3.54. The second-order valence-corrected chi connectivity index (χ2v) is 6.77.